The molecule has 21 heavy (non-hydrogen) atoms. The van der Waals surface area contributed by atoms with Crippen LogP contribution >= 0.6 is 0 Å². The zero-order chi connectivity index (χ0) is 14.8. The van der Waals surface area contributed by atoms with Gasteiger partial charge in [-0.2, -0.15) is 0 Å². The van der Waals surface area contributed by atoms with Crippen LogP contribution in [0.4, 0.5) is 0 Å². The number of hydrogen-bond donors (Lipinski definition) is 2. The second kappa shape index (κ2) is 5.12. The molecule has 2 aromatic heterocycles. The van der Waals surface area contributed by atoms with Gasteiger partial charge >= 0.3 is 11.3 Å². The Labute approximate surface area is 116 Å². The highest BCUT2D eigenvalue weighted by Gasteiger charge is 2.10. The maximum Gasteiger partial charge on any atom is 0.380 e. The van der Waals surface area contributed by atoms with Crippen LogP contribution in [0.5, 0.6) is 5.75 Å². The molecule has 0 aliphatic rings. The van der Waals surface area contributed by atoms with Crippen molar-refractivity contribution in [3.63, 3.8) is 0 Å². The Morgan fingerprint density at radius 1 is 1.05 bits per heavy atom. The predicted octanol–water partition coefficient (Wildman–Crippen LogP) is 0.749. The lowest BCUT2D eigenvalue weighted by molar-refractivity contribution is 0.290. The highest BCUT2D eigenvalue weighted by Crippen LogP contribution is 2.12. The molecule has 0 radical (unpaired) electrons. The molecule has 0 spiro atoms. The van der Waals surface area contributed by atoms with Crippen molar-refractivity contribution in [2.75, 3.05) is 0 Å². The van der Waals surface area contributed by atoms with Crippen LogP contribution in [-0.4, -0.2) is 9.97 Å². The second-order valence-electron chi connectivity index (χ2n) is 4.32. The molecule has 1 aromatic carbocycles. The zero-order valence-corrected chi connectivity index (χ0v) is 10.7. The van der Waals surface area contributed by atoms with Gasteiger partial charge in [-0.25, -0.2) is 9.59 Å². The van der Waals surface area contributed by atoms with Gasteiger partial charge < -0.3 is 9.15 Å². The van der Waals surface area contributed by atoms with Gasteiger partial charge in [0.25, 0.3) is 5.56 Å². The van der Waals surface area contributed by atoms with Gasteiger partial charge in [0.2, 0.25) is 11.5 Å². The fourth-order valence-electron chi connectivity index (χ4n) is 1.86. The number of fused-ring (bicyclic) bond motifs is 1. The summed E-state index contributed by atoms with van der Waals surface area (Å²) in [6.45, 7) is 0.165. The normalized spacial score (nSPS) is 10.7. The van der Waals surface area contributed by atoms with Gasteiger partial charge in [0.15, 0.2) is 0 Å². The van der Waals surface area contributed by atoms with E-state index in [-0.39, 0.29) is 23.5 Å². The van der Waals surface area contributed by atoms with Gasteiger partial charge in [0, 0.05) is 6.07 Å². The highest BCUT2D eigenvalue weighted by molar-refractivity contribution is 5.72. The van der Waals surface area contributed by atoms with Gasteiger partial charge in [-0.05, 0) is 5.56 Å². The van der Waals surface area contributed by atoms with E-state index in [1.165, 1.54) is 6.07 Å². The summed E-state index contributed by atoms with van der Waals surface area (Å²) in [5, 5.41) is 0.0391. The van der Waals surface area contributed by atoms with Gasteiger partial charge in [0.1, 0.15) is 12.0 Å². The zero-order valence-electron chi connectivity index (χ0n) is 10.7. The molecule has 7 nitrogen and oxygen atoms in total. The molecule has 0 bridgehead atoms. The average molecular weight is 286 g/mol. The minimum atomic E-state index is -0.764. The lowest BCUT2D eigenvalue weighted by Gasteiger charge is -2.05. The van der Waals surface area contributed by atoms with Crippen molar-refractivity contribution in [3.05, 3.63) is 73.2 Å². The first-order chi connectivity index (χ1) is 10.1. The van der Waals surface area contributed by atoms with Gasteiger partial charge in [-0.3, -0.25) is 14.8 Å². The summed E-state index contributed by atoms with van der Waals surface area (Å²) in [6.07, 6.45) is 0. The first-order valence-corrected chi connectivity index (χ1v) is 6.11. The molecule has 7 heteroatoms. The van der Waals surface area contributed by atoms with Gasteiger partial charge in [0.05, 0.1) is 0 Å². The quantitative estimate of drug-likeness (QED) is 0.739. The molecule has 0 aliphatic carbocycles. The lowest BCUT2D eigenvalue weighted by atomic mass is 10.2. The van der Waals surface area contributed by atoms with E-state index in [9.17, 15) is 14.4 Å². The molecule has 0 unspecified atom stereocenters. The molecule has 3 aromatic rings. The molecule has 106 valence electrons. The number of ether oxygens (including phenoxy) is 1. The van der Waals surface area contributed by atoms with E-state index in [1.54, 1.807) is 0 Å². The summed E-state index contributed by atoms with van der Waals surface area (Å²) in [5.41, 5.74) is -1.47. The molecular weight excluding hydrogens is 276 g/mol. The maximum atomic E-state index is 11.8. The van der Waals surface area contributed by atoms with Crippen molar-refractivity contribution >= 4 is 11.1 Å². The Balaban J connectivity index is 2.00. The molecule has 0 aliphatic heterocycles. The van der Waals surface area contributed by atoms with Crippen molar-refractivity contribution in [1.82, 2.24) is 9.97 Å². The molecule has 0 atom stereocenters. The molecule has 2 heterocycles. The van der Waals surface area contributed by atoms with Crippen LogP contribution in [0.1, 0.15) is 5.56 Å². The molecule has 0 fully saturated rings. The van der Waals surface area contributed by atoms with Crippen molar-refractivity contribution in [1.29, 1.82) is 0 Å². The van der Waals surface area contributed by atoms with E-state index in [0.717, 1.165) is 5.56 Å². The first-order valence-electron chi connectivity index (χ1n) is 6.11. The lowest BCUT2D eigenvalue weighted by Crippen LogP contribution is -2.23. The number of rotatable bonds is 3. The molecule has 0 amide bonds. The summed E-state index contributed by atoms with van der Waals surface area (Å²) in [7, 11) is 0. The van der Waals surface area contributed by atoms with E-state index in [0.29, 0.717) is 0 Å². The van der Waals surface area contributed by atoms with Crippen LogP contribution in [0, 0.1) is 0 Å². The van der Waals surface area contributed by atoms with E-state index < -0.39 is 16.9 Å². The minimum absolute atomic E-state index is 0.0391. The Morgan fingerprint density at radius 3 is 2.57 bits per heavy atom. The fourth-order valence-corrected chi connectivity index (χ4v) is 1.86. The van der Waals surface area contributed by atoms with Crippen LogP contribution in [-0.2, 0) is 6.61 Å². The Kier molecular flexibility index (Phi) is 3.15. The second-order valence-corrected chi connectivity index (χ2v) is 4.32. The number of aromatic amines is 2. The Morgan fingerprint density at radius 2 is 1.81 bits per heavy atom. The first kappa shape index (κ1) is 12.9. The number of H-pyrrole nitrogens is 2. The van der Waals surface area contributed by atoms with Crippen LogP contribution in [0.2, 0.25) is 0 Å². The predicted molar refractivity (Wildman–Crippen MR) is 74.5 cm³/mol. The van der Waals surface area contributed by atoms with Crippen molar-refractivity contribution < 1.29 is 9.15 Å². The maximum absolute atomic E-state index is 11.8. The topological polar surface area (TPSA) is 105 Å². The number of benzene rings is 1. The van der Waals surface area contributed by atoms with Crippen LogP contribution in [0.15, 0.2) is 55.2 Å². The smallest absolute Gasteiger partial charge is 0.380 e. The van der Waals surface area contributed by atoms with Crippen LogP contribution < -0.4 is 21.6 Å². The van der Waals surface area contributed by atoms with Crippen LogP contribution in [0.25, 0.3) is 11.1 Å². The Hall–Kier alpha value is -3.09. The number of nitrogens with one attached hydrogen (secondary N) is 2. The monoisotopic (exact) mass is 286 g/mol. The SMILES string of the molecule is O=c1[nH]c(=O)c2cc(OCc3ccccc3)c(=O)oc2[nH]1. The van der Waals surface area contributed by atoms with Crippen LogP contribution in [0.3, 0.4) is 0 Å². The molecular formula is C14H10N2O5. The summed E-state index contributed by atoms with van der Waals surface area (Å²) < 4.78 is 10.3. The van der Waals surface area contributed by atoms with Crippen molar-refractivity contribution in [2.24, 2.45) is 0 Å². The summed E-state index contributed by atoms with van der Waals surface area (Å²) in [4.78, 5) is 38.8. The van der Waals surface area contributed by atoms with E-state index in [2.05, 4.69) is 4.98 Å². The standard InChI is InChI=1S/C14H10N2O5/c17-11-9-6-10(20-7-8-4-2-1-3-5-8)13(18)21-12(9)16-14(19)15-11/h1-6H,7H2,(H2,15,16,17,19). The summed E-state index contributed by atoms with van der Waals surface area (Å²) in [6, 6.07) is 10.5. The average Bonchev–Trinajstić information content (AvgIpc) is 2.46. The van der Waals surface area contributed by atoms with E-state index >= 15 is 0 Å². The van der Waals surface area contributed by atoms with E-state index in [1.807, 2.05) is 35.3 Å². The van der Waals surface area contributed by atoms with Crippen molar-refractivity contribution in [2.45, 2.75) is 6.61 Å². The summed E-state index contributed by atoms with van der Waals surface area (Å²) in [5.74, 6) is -0.0936. The van der Waals surface area contributed by atoms with Gasteiger partial charge in [-0.15, -0.1) is 0 Å². The molecule has 3 rings (SSSR count). The fraction of sp³-hybridized carbons (Fsp3) is 0.0714. The highest BCUT2D eigenvalue weighted by atomic mass is 16.5. The Bertz CT molecular complexity index is 953. The van der Waals surface area contributed by atoms with Crippen molar-refractivity contribution in [3.8, 4) is 5.75 Å². The molecule has 0 saturated carbocycles. The van der Waals surface area contributed by atoms with E-state index in [4.69, 9.17) is 9.15 Å². The third-order valence-corrected chi connectivity index (χ3v) is 2.85. The van der Waals surface area contributed by atoms with Gasteiger partial charge in [-0.1, -0.05) is 30.3 Å². The largest absolute Gasteiger partial charge is 0.482 e. The third-order valence-electron chi connectivity index (χ3n) is 2.85. The third kappa shape index (κ3) is 2.62. The molecule has 0 saturated heterocycles. The minimum Gasteiger partial charge on any atom is -0.482 e. The number of hydrogen-bond acceptors (Lipinski definition) is 5. The molecule has 2 N–H and O–H groups in total. The summed E-state index contributed by atoms with van der Waals surface area (Å²) >= 11 is 0. The number of aromatic nitrogens is 2.